The number of nitrogens with zero attached hydrogens (tertiary/aromatic N) is 3. The molecule has 0 bridgehead atoms. The van der Waals surface area contributed by atoms with Gasteiger partial charge in [-0.25, -0.2) is 4.98 Å². The van der Waals surface area contributed by atoms with E-state index in [0.717, 1.165) is 16.8 Å². The molecule has 4 nitrogen and oxygen atoms in total. The van der Waals surface area contributed by atoms with E-state index in [1.807, 2.05) is 32.0 Å². The third kappa shape index (κ3) is 2.91. The summed E-state index contributed by atoms with van der Waals surface area (Å²) in [7, 11) is 0. The number of hydrogen-bond acceptors (Lipinski definition) is 4. The van der Waals surface area contributed by atoms with Crippen LogP contribution in [0.2, 0.25) is 5.02 Å². The van der Waals surface area contributed by atoms with Crippen LogP contribution in [0.1, 0.15) is 11.1 Å². The minimum atomic E-state index is -0.161. The smallest absolute Gasteiger partial charge is 0.266 e. The zero-order valence-electron chi connectivity index (χ0n) is 13.2. The lowest BCUT2D eigenvalue weighted by Crippen LogP contribution is -2.22. The fraction of sp³-hybridized carbons (Fsp3) is 0.167. The van der Waals surface area contributed by atoms with Gasteiger partial charge in [-0.2, -0.15) is 5.26 Å². The molecule has 1 heterocycles. The lowest BCUT2D eigenvalue weighted by atomic mass is 10.1. The molecule has 0 amide bonds. The standard InChI is InChI=1S/C18H14ClN3OS/c1-11-4-3-5-16(12(11)2)22-17(23)14-7-6-13(19)10-15(14)21-18(22)24-9-8-20/h3-7,10H,9H2,1-2H3. The summed E-state index contributed by atoms with van der Waals surface area (Å²) in [4.78, 5) is 17.6. The summed E-state index contributed by atoms with van der Waals surface area (Å²) < 4.78 is 1.58. The Morgan fingerprint density at radius 2 is 2.08 bits per heavy atom. The van der Waals surface area contributed by atoms with Gasteiger partial charge in [-0.3, -0.25) is 9.36 Å². The van der Waals surface area contributed by atoms with E-state index in [9.17, 15) is 4.79 Å². The fourth-order valence-corrected chi connectivity index (χ4v) is 3.36. The van der Waals surface area contributed by atoms with Crippen LogP contribution in [-0.2, 0) is 0 Å². The number of nitriles is 1. The quantitative estimate of drug-likeness (QED) is 0.520. The molecule has 24 heavy (non-hydrogen) atoms. The third-order valence-electron chi connectivity index (χ3n) is 3.88. The van der Waals surface area contributed by atoms with E-state index in [1.165, 1.54) is 11.8 Å². The van der Waals surface area contributed by atoms with Gasteiger partial charge in [0.05, 0.1) is 28.4 Å². The molecule has 0 radical (unpaired) electrons. The maximum absolute atomic E-state index is 13.1. The van der Waals surface area contributed by atoms with Crippen LogP contribution < -0.4 is 5.56 Å². The maximum Gasteiger partial charge on any atom is 0.266 e. The Morgan fingerprint density at radius 3 is 2.83 bits per heavy atom. The van der Waals surface area contributed by atoms with Crippen LogP contribution in [0, 0.1) is 25.2 Å². The normalized spacial score (nSPS) is 10.8. The van der Waals surface area contributed by atoms with Gasteiger partial charge in [-0.1, -0.05) is 35.5 Å². The van der Waals surface area contributed by atoms with Crippen molar-refractivity contribution >= 4 is 34.3 Å². The molecule has 1 aromatic heterocycles. The van der Waals surface area contributed by atoms with Crippen LogP contribution in [0.5, 0.6) is 0 Å². The first kappa shape index (κ1) is 16.6. The van der Waals surface area contributed by atoms with Gasteiger partial charge >= 0.3 is 0 Å². The Kier molecular flexibility index (Phi) is 4.61. The van der Waals surface area contributed by atoms with E-state index in [2.05, 4.69) is 11.1 Å². The summed E-state index contributed by atoms with van der Waals surface area (Å²) in [6, 6.07) is 12.9. The Labute approximate surface area is 148 Å². The van der Waals surface area contributed by atoms with Gasteiger partial charge in [0.25, 0.3) is 5.56 Å². The molecule has 0 fully saturated rings. The second-order valence-corrected chi connectivity index (χ2v) is 6.74. The monoisotopic (exact) mass is 355 g/mol. The van der Waals surface area contributed by atoms with Crippen molar-refractivity contribution in [3.63, 3.8) is 0 Å². The molecule has 0 atom stereocenters. The van der Waals surface area contributed by atoms with Crippen molar-refractivity contribution in [3.05, 3.63) is 62.9 Å². The van der Waals surface area contributed by atoms with E-state index in [-0.39, 0.29) is 11.3 Å². The lowest BCUT2D eigenvalue weighted by Gasteiger charge is -2.15. The Hall–Kier alpha value is -2.29. The zero-order valence-corrected chi connectivity index (χ0v) is 14.8. The molecule has 6 heteroatoms. The van der Waals surface area contributed by atoms with Crippen molar-refractivity contribution < 1.29 is 0 Å². The van der Waals surface area contributed by atoms with Crippen molar-refractivity contribution in [2.24, 2.45) is 0 Å². The molecule has 120 valence electrons. The van der Waals surface area contributed by atoms with Gasteiger partial charge in [0, 0.05) is 5.02 Å². The minimum absolute atomic E-state index is 0.161. The summed E-state index contributed by atoms with van der Waals surface area (Å²) in [5.74, 6) is 0.212. The molecular weight excluding hydrogens is 342 g/mol. The summed E-state index contributed by atoms with van der Waals surface area (Å²) in [6.45, 7) is 3.97. The highest BCUT2D eigenvalue weighted by atomic mass is 35.5. The van der Waals surface area contributed by atoms with Gasteiger partial charge in [0.15, 0.2) is 5.16 Å². The molecule has 0 unspecified atom stereocenters. The second kappa shape index (κ2) is 6.68. The van der Waals surface area contributed by atoms with Gasteiger partial charge in [0.1, 0.15) is 0 Å². The molecule has 3 rings (SSSR count). The number of fused-ring (bicyclic) bond motifs is 1. The predicted octanol–water partition coefficient (Wildman–Crippen LogP) is 4.27. The SMILES string of the molecule is Cc1cccc(-n2c(SCC#N)nc3cc(Cl)ccc3c2=O)c1C. The van der Waals surface area contributed by atoms with Crippen LogP contribution in [0.25, 0.3) is 16.6 Å². The van der Waals surface area contributed by atoms with Crippen molar-refractivity contribution in [1.29, 1.82) is 5.26 Å². The van der Waals surface area contributed by atoms with Crippen molar-refractivity contribution in [2.45, 2.75) is 19.0 Å². The van der Waals surface area contributed by atoms with Crippen molar-refractivity contribution in [2.75, 3.05) is 5.75 Å². The van der Waals surface area contributed by atoms with E-state index in [4.69, 9.17) is 16.9 Å². The molecule has 3 aromatic rings. The van der Waals surface area contributed by atoms with Crippen LogP contribution >= 0.6 is 23.4 Å². The first-order valence-corrected chi connectivity index (χ1v) is 8.68. The highest BCUT2D eigenvalue weighted by molar-refractivity contribution is 7.99. The number of aryl methyl sites for hydroxylation is 1. The molecule has 0 N–H and O–H groups in total. The summed E-state index contributed by atoms with van der Waals surface area (Å²) in [5, 5.41) is 10.4. The molecule has 0 spiro atoms. The van der Waals surface area contributed by atoms with Gasteiger partial charge in [0.2, 0.25) is 0 Å². The fourth-order valence-electron chi connectivity index (χ4n) is 2.52. The second-order valence-electron chi connectivity index (χ2n) is 5.36. The molecule has 0 aliphatic carbocycles. The largest absolute Gasteiger partial charge is 0.268 e. The summed E-state index contributed by atoms with van der Waals surface area (Å²) >= 11 is 7.26. The predicted molar refractivity (Wildman–Crippen MR) is 98.2 cm³/mol. The maximum atomic E-state index is 13.1. The third-order valence-corrected chi connectivity index (χ3v) is 4.92. The van der Waals surface area contributed by atoms with Gasteiger partial charge in [-0.15, -0.1) is 0 Å². The molecule has 0 aliphatic rings. The number of aromatic nitrogens is 2. The highest BCUT2D eigenvalue weighted by Crippen LogP contribution is 2.25. The molecule has 2 aromatic carbocycles. The average molecular weight is 356 g/mol. The number of rotatable bonds is 3. The summed E-state index contributed by atoms with van der Waals surface area (Å²) in [6.07, 6.45) is 0. The number of benzene rings is 2. The molecular formula is C18H14ClN3OS. The zero-order chi connectivity index (χ0) is 17.3. The Bertz CT molecular complexity index is 1040. The van der Waals surface area contributed by atoms with Crippen molar-refractivity contribution in [3.8, 4) is 11.8 Å². The van der Waals surface area contributed by atoms with Crippen LogP contribution in [0.15, 0.2) is 46.3 Å². The van der Waals surface area contributed by atoms with Crippen molar-refractivity contribution in [1.82, 2.24) is 9.55 Å². The lowest BCUT2D eigenvalue weighted by molar-refractivity contribution is 0.814. The van der Waals surface area contributed by atoms with Crippen LogP contribution in [-0.4, -0.2) is 15.3 Å². The number of thioether (sulfide) groups is 1. The van der Waals surface area contributed by atoms with E-state index in [1.54, 1.807) is 22.8 Å². The molecule has 0 saturated carbocycles. The molecule has 0 aliphatic heterocycles. The summed E-state index contributed by atoms with van der Waals surface area (Å²) in [5.41, 5.74) is 3.26. The van der Waals surface area contributed by atoms with Crippen LogP contribution in [0.4, 0.5) is 0 Å². The molecule has 0 saturated heterocycles. The minimum Gasteiger partial charge on any atom is -0.268 e. The highest BCUT2D eigenvalue weighted by Gasteiger charge is 2.15. The van der Waals surface area contributed by atoms with Gasteiger partial charge < -0.3 is 0 Å². The first-order chi connectivity index (χ1) is 11.5. The van der Waals surface area contributed by atoms with Crippen LogP contribution in [0.3, 0.4) is 0 Å². The van der Waals surface area contributed by atoms with E-state index in [0.29, 0.717) is 21.1 Å². The Morgan fingerprint density at radius 1 is 1.29 bits per heavy atom. The Balaban J connectivity index is 2.38. The van der Waals surface area contributed by atoms with E-state index < -0.39 is 0 Å². The van der Waals surface area contributed by atoms with Gasteiger partial charge in [-0.05, 0) is 49.2 Å². The average Bonchev–Trinajstić information content (AvgIpc) is 2.56. The number of hydrogen-bond donors (Lipinski definition) is 0. The number of halogens is 1. The topological polar surface area (TPSA) is 58.7 Å². The first-order valence-electron chi connectivity index (χ1n) is 7.31. The van der Waals surface area contributed by atoms with E-state index >= 15 is 0 Å².